The van der Waals surface area contributed by atoms with Crippen molar-refractivity contribution in [2.45, 2.75) is 18.7 Å². The van der Waals surface area contributed by atoms with Crippen molar-refractivity contribution in [3.8, 4) is 11.5 Å². The average Bonchev–Trinajstić information content (AvgIpc) is 2.49. The number of methoxy groups -OCH3 is 1. The lowest BCUT2D eigenvalue weighted by molar-refractivity contribution is 0.101. The molecule has 0 atom stereocenters. The maximum atomic E-state index is 12.4. The van der Waals surface area contributed by atoms with E-state index in [1.165, 1.54) is 44.4 Å². The Kier molecular flexibility index (Phi) is 5.11. The van der Waals surface area contributed by atoms with Crippen LogP contribution in [0.15, 0.2) is 45.8 Å². The van der Waals surface area contributed by atoms with Crippen LogP contribution in [0.2, 0.25) is 0 Å². The lowest BCUT2D eigenvalue weighted by Gasteiger charge is -2.12. The van der Waals surface area contributed by atoms with Gasteiger partial charge in [0, 0.05) is 10.0 Å². The zero-order valence-electron chi connectivity index (χ0n) is 12.8. The Morgan fingerprint density at radius 2 is 1.78 bits per heavy atom. The molecule has 0 amide bonds. The van der Waals surface area contributed by atoms with E-state index in [-0.39, 0.29) is 22.2 Å². The Labute approximate surface area is 143 Å². The second kappa shape index (κ2) is 6.72. The largest absolute Gasteiger partial charge is 0.493 e. The second-order valence-corrected chi connectivity index (χ2v) is 7.27. The Morgan fingerprint density at radius 3 is 2.35 bits per heavy atom. The zero-order valence-corrected chi connectivity index (χ0v) is 15.2. The highest BCUT2D eigenvalue weighted by Crippen LogP contribution is 2.31. The lowest BCUT2D eigenvalue weighted by atomic mass is 10.1. The number of halogens is 1. The van der Waals surface area contributed by atoms with E-state index in [9.17, 15) is 13.2 Å². The summed E-state index contributed by atoms with van der Waals surface area (Å²) < 4.78 is 35.9. The standard InChI is InChI=1S/C16H15BrO5S/c1-10-8-13(5-6-14(10)17)23(19,20)22-15-7-4-12(11(2)18)9-16(15)21-3/h4-9H,1-3H3. The fourth-order valence-electron chi connectivity index (χ4n) is 1.89. The molecule has 2 aromatic carbocycles. The summed E-state index contributed by atoms with van der Waals surface area (Å²) in [6.07, 6.45) is 0. The van der Waals surface area contributed by atoms with Gasteiger partial charge in [0.25, 0.3) is 0 Å². The van der Waals surface area contributed by atoms with Crippen molar-refractivity contribution in [2.24, 2.45) is 0 Å². The second-order valence-electron chi connectivity index (χ2n) is 4.87. The van der Waals surface area contributed by atoms with Gasteiger partial charge in [0.1, 0.15) is 4.90 Å². The van der Waals surface area contributed by atoms with Crippen LogP contribution in [0.5, 0.6) is 11.5 Å². The molecule has 0 heterocycles. The van der Waals surface area contributed by atoms with Crippen molar-refractivity contribution in [1.82, 2.24) is 0 Å². The average molecular weight is 399 g/mol. The molecule has 0 N–H and O–H groups in total. The number of hydrogen-bond acceptors (Lipinski definition) is 5. The molecule has 0 unspecified atom stereocenters. The van der Waals surface area contributed by atoms with Gasteiger partial charge < -0.3 is 8.92 Å². The highest BCUT2D eigenvalue weighted by Gasteiger charge is 2.20. The van der Waals surface area contributed by atoms with Crippen molar-refractivity contribution in [3.05, 3.63) is 52.0 Å². The highest BCUT2D eigenvalue weighted by molar-refractivity contribution is 9.10. The van der Waals surface area contributed by atoms with Crippen LogP contribution in [0.4, 0.5) is 0 Å². The number of carbonyl (C=O) groups excluding carboxylic acids is 1. The van der Waals surface area contributed by atoms with Crippen LogP contribution < -0.4 is 8.92 Å². The van der Waals surface area contributed by atoms with Gasteiger partial charge in [-0.3, -0.25) is 4.79 Å². The van der Waals surface area contributed by atoms with Crippen LogP contribution >= 0.6 is 15.9 Å². The smallest absolute Gasteiger partial charge is 0.339 e. The molecule has 0 radical (unpaired) electrons. The third-order valence-corrected chi connectivity index (χ3v) is 5.31. The van der Waals surface area contributed by atoms with Crippen LogP contribution in [0.3, 0.4) is 0 Å². The van der Waals surface area contributed by atoms with Gasteiger partial charge in [0.15, 0.2) is 17.3 Å². The topological polar surface area (TPSA) is 69.7 Å². The number of carbonyl (C=O) groups is 1. The Morgan fingerprint density at radius 1 is 1.09 bits per heavy atom. The first kappa shape index (κ1) is 17.5. The van der Waals surface area contributed by atoms with Crippen molar-refractivity contribution in [1.29, 1.82) is 0 Å². The summed E-state index contributed by atoms with van der Waals surface area (Å²) in [5, 5.41) is 0. The zero-order chi connectivity index (χ0) is 17.2. The molecular weight excluding hydrogens is 384 g/mol. The molecular formula is C16H15BrO5S. The summed E-state index contributed by atoms with van der Waals surface area (Å²) in [5.74, 6) is 0.0504. The number of rotatable bonds is 5. The molecule has 2 rings (SSSR count). The van der Waals surface area contributed by atoms with Crippen LogP contribution in [-0.4, -0.2) is 21.3 Å². The van der Waals surface area contributed by atoms with Gasteiger partial charge in [-0.2, -0.15) is 8.42 Å². The Bertz CT molecular complexity index is 859. The molecule has 0 aliphatic carbocycles. The van der Waals surface area contributed by atoms with Gasteiger partial charge in [-0.15, -0.1) is 0 Å². The molecule has 122 valence electrons. The first-order valence-electron chi connectivity index (χ1n) is 6.64. The third kappa shape index (κ3) is 3.92. The maximum absolute atomic E-state index is 12.4. The normalized spacial score (nSPS) is 11.1. The number of hydrogen-bond donors (Lipinski definition) is 0. The molecule has 2 aromatic rings. The molecule has 0 fully saturated rings. The number of ether oxygens (including phenoxy) is 1. The van der Waals surface area contributed by atoms with Gasteiger partial charge in [-0.25, -0.2) is 0 Å². The van der Waals surface area contributed by atoms with E-state index in [2.05, 4.69) is 15.9 Å². The van der Waals surface area contributed by atoms with Crippen molar-refractivity contribution in [2.75, 3.05) is 7.11 Å². The Balaban J connectivity index is 2.40. The van der Waals surface area contributed by atoms with Crippen LogP contribution in [0.1, 0.15) is 22.8 Å². The van der Waals surface area contributed by atoms with E-state index in [0.717, 1.165) is 10.0 Å². The highest BCUT2D eigenvalue weighted by atomic mass is 79.9. The number of ketones is 1. The van der Waals surface area contributed by atoms with E-state index in [1.807, 2.05) is 0 Å². The summed E-state index contributed by atoms with van der Waals surface area (Å²) in [7, 11) is -2.63. The molecule has 5 nitrogen and oxygen atoms in total. The summed E-state index contributed by atoms with van der Waals surface area (Å²) in [6.45, 7) is 3.20. The summed E-state index contributed by atoms with van der Waals surface area (Å²) in [6, 6.07) is 8.93. The quantitative estimate of drug-likeness (QED) is 0.566. The third-order valence-electron chi connectivity index (χ3n) is 3.19. The summed E-state index contributed by atoms with van der Waals surface area (Å²) in [5.41, 5.74) is 1.18. The first-order valence-corrected chi connectivity index (χ1v) is 8.84. The molecule has 0 bridgehead atoms. The SMILES string of the molecule is COc1cc(C(C)=O)ccc1OS(=O)(=O)c1ccc(Br)c(C)c1. The van der Waals surface area contributed by atoms with Gasteiger partial charge in [-0.05, 0) is 55.8 Å². The molecule has 0 aromatic heterocycles. The van der Waals surface area contributed by atoms with E-state index in [1.54, 1.807) is 13.0 Å². The van der Waals surface area contributed by atoms with Crippen molar-refractivity contribution >= 4 is 31.8 Å². The van der Waals surface area contributed by atoms with Gasteiger partial charge >= 0.3 is 10.1 Å². The molecule has 7 heteroatoms. The maximum Gasteiger partial charge on any atom is 0.339 e. The van der Waals surface area contributed by atoms with Crippen LogP contribution in [0.25, 0.3) is 0 Å². The van der Waals surface area contributed by atoms with E-state index < -0.39 is 10.1 Å². The fraction of sp³-hybridized carbons (Fsp3) is 0.188. The molecule has 0 spiro atoms. The Hall–Kier alpha value is -1.86. The van der Waals surface area contributed by atoms with Gasteiger partial charge in [0.2, 0.25) is 0 Å². The predicted octanol–water partition coefficient (Wildman–Crippen LogP) is 3.74. The van der Waals surface area contributed by atoms with Crippen molar-refractivity contribution < 1.29 is 22.1 Å². The van der Waals surface area contributed by atoms with E-state index in [4.69, 9.17) is 8.92 Å². The minimum absolute atomic E-state index is 0.0260. The van der Waals surface area contributed by atoms with E-state index >= 15 is 0 Å². The van der Waals surface area contributed by atoms with Gasteiger partial charge in [-0.1, -0.05) is 15.9 Å². The lowest BCUT2D eigenvalue weighted by Crippen LogP contribution is -2.11. The van der Waals surface area contributed by atoms with Crippen LogP contribution in [0, 0.1) is 6.92 Å². The summed E-state index contributed by atoms with van der Waals surface area (Å²) in [4.78, 5) is 11.4. The molecule has 0 saturated carbocycles. The fourth-order valence-corrected chi connectivity index (χ4v) is 3.17. The number of benzene rings is 2. The number of Topliss-reactive ketones (excluding diaryl/α,β-unsaturated/α-hetero) is 1. The monoisotopic (exact) mass is 398 g/mol. The predicted molar refractivity (Wildman–Crippen MR) is 89.7 cm³/mol. The first-order chi connectivity index (χ1) is 10.7. The van der Waals surface area contributed by atoms with Crippen LogP contribution in [-0.2, 0) is 10.1 Å². The molecule has 0 aliphatic rings. The number of aryl methyl sites for hydroxylation is 1. The minimum Gasteiger partial charge on any atom is -0.493 e. The van der Waals surface area contributed by atoms with Crippen molar-refractivity contribution in [3.63, 3.8) is 0 Å². The minimum atomic E-state index is -4.00. The van der Waals surface area contributed by atoms with E-state index in [0.29, 0.717) is 5.56 Å². The van der Waals surface area contributed by atoms with Gasteiger partial charge in [0.05, 0.1) is 7.11 Å². The molecule has 0 saturated heterocycles. The molecule has 23 heavy (non-hydrogen) atoms. The summed E-state index contributed by atoms with van der Waals surface area (Å²) >= 11 is 3.32. The molecule has 0 aliphatic heterocycles.